The molecule has 112 valence electrons. The van der Waals surface area contributed by atoms with E-state index in [4.69, 9.17) is 9.47 Å². The number of aryl methyl sites for hydroxylation is 1. The van der Waals surface area contributed by atoms with Crippen molar-refractivity contribution in [3.05, 3.63) is 34.3 Å². The van der Waals surface area contributed by atoms with Crippen molar-refractivity contribution in [2.75, 3.05) is 6.79 Å². The highest BCUT2D eigenvalue weighted by molar-refractivity contribution is 8.00. The molecule has 0 radical (unpaired) electrons. The molecule has 0 aliphatic carbocycles. The summed E-state index contributed by atoms with van der Waals surface area (Å²) in [6.07, 6.45) is 0. The van der Waals surface area contributed by atoms with Gasteiger partial charge in [-0.2, -0.15) is 0 Å². The highest BCUT2D eigenvalue weighted by Crippen LogP contribution is 2.37. The van der Waals surface area contributed by atoms with Crippen molar-refractivity contribution < 1.29 is 9.47 Å². The van der Waals surface area contributed by atoms with Crippen LogP contribution in [-0.2, 0) is 5.75 Å². The predicted molar refractivity (Wildman–Crippen MR) is 87.9 cm³/mol. The summed E-state index contributed by atoms with van der Waals surface area (Å²) in [6.45, 7) is 2.25. The van der Waals surface area contributed by atoms with Crippen LogP contribution >= 0.6 is 34.4 Å². The number of aromatic nitrogens is 3. The zero-order valence-electron chi connectivity index (χ0n) is 11.6. The van der Waals surface area contributed by atoms with Crippen LogP contribution in [0.2, 0.25) is 0 Å². The van der Waals surface area contributed by atoms with Crippen LogP contribution in [0, 0.1) is 6.92 Å². The van der Waals surface area contributed by atoms with Gasteiger partial charge in [0.05, 0.1) is 5.69 Å². The van der Waals surface area contributed by atoms with E-state index in [0.717, 1.165) is 42.9 Å². The summed E-state index contributed by atoms with van der Waals surface area (Å²) >= 11 is 4.91. The number of thioether (sulfide) groups is 1. The third-order valence-corrected chi connectivity index (χ3v) is 5.97. The molecular weight excluding hydrogens is 338 g/mol. The first-order valence-corrected chi connectivity index (χ1v) is 9.23. The SMILES string of the molecule is Cc1nnc(SCc2csc(-c3ccc4c(c3)OCO4)n2)s1. The smallest absolute Gasteiger partial charge is 0.231 e. The molecule has 5 nitrogen and oxygen atoms in total. The molecule has 3 heterocycles. The van der Waals surface area contributed by atoms with Crippen LogP contribution < -0.4 is 9.47 Å². The van der Waals surface area contributed by atoms with E-state index in [-0.39, 0.29) is 0 Å². The Kier molecular flexibility index (Phi) is 3.73. The molecule has 0 spiro atoms. The monoisotopic (exact) mass is 349 g/mol. The Labute approximate surface area is 139 Å². The molecule has 0 unspecified atom stereocenters. The average Bonchev–Trinajstić information content (AvgIpc) is 3.24. The standard InChI is InChI=1S/C14H11N3O2S3/c1-8-16-17-14(22-8)21-6-10-5-20-13(15-10)9-2-3-11-12(4-9)19-7-18-11/h2-5H,6-7H2,1H3. The van der Waals surface area contributed by atoms with Gasteiger partial charge in [0.1, 0.15) is 10.0 Å². The lowest BCUT2D eigenvalue weighted by molar-refractivity contribution is 0.174. The Balaban J connectivity index is 1.49. The highest BCUT2D eigenvalue weighted by Gasteiger charge is 2.15. The average molecular weight is 349 g/mol. The molecule has 0 fully saturated rings. The normalized spacial score (nSPS) is 12.8. The Hall–Kier alpha value is -1.64. The number of thiazole rings is 1. The van der Waals surface area contributed by atoms with Crippen molar-refractivity contribution in [3.63, 3.8) is 0 Å². The van der Waals surface area contributed by atoms with E-state index >= 15 is 0 Å². The number of ether oxygens (including phenoxy) is 2. The quantitative estimate of drug-likeness (QED) is 0.664. The van der Waals surface area contributed by atoms with Gasteiger partial charge in [0.15, 0.2) is 15.8 Å². The number of nitrogens with zero attached hydrogens (tertiary/aromatic N) is 3. The Bertz CT molecular complexity index is 815. The van der Waals surface area contributed by atoms with Crippen LogP contribution in [0.25, 0.3) is 10.6 Å². The minimum atomic E-state index is 0.291. The van der Waals surface area contributed by atoms with E-state index in [9.17, 15) is 0 Å². The second kappa shape index (κ2) is 5.86. The molecule has 0 atom stereocenters. The maximum absolute atomic E-state index is 5.41. The van der Waals surface area contributed by atoms with Crippen molar-refractivity contribution in [3.8, 4) is 22.1 Å². The van der Waals surface area contributed by atoms with E-state index in [1.165, 1.54) is 0 Å². The number of benzene rings is 1. The number of rotatable bonds is 4. The molecule has 22 heavy (non-hydrogen) atoms. The van der Waals surface area contributed by atoms with Gasteiger partial charge >= 0.3 is 0 Å². The molecule has 0 saturated heterocycles. The predicted octanol–water partition coefficient (Wildman–Crippen LogP) is 3.99. The molecule has 1 aromatic carbocycles. The molecule has 3 aromatic rings. The molecule has 1 aliphatic heterocycles. The number of hydrogen-bond acceptors (Lipinski definition) is 8. The summed E-state index contributed by atoms with van der Waals surface area (Å²) < 4.78 is 11.7. The Morgan fingerprint density at radius 3 is 3.00 bits per heavy atom. The largest absolute Gasteiger partial charge is 0.454 e. The van der Waals surface area contributed by atoms with E-state index in [0.29, 0.717) is 6.79 Å². The third kappa shape index (κ3) is 2.81. The van der Waals surface area contributed by atoms with Gasteiger partial charge in [-0.3, -0.25) is 0 Å². The lowest BCUT2D eigenvalue weighted by Gasteiger charge is -1.99. The van der Waals surface area contributed by atoms with Gasteiger partial charge in [0.25, 0.3) is 0 Å². The van der Waals surface area contributed by atoms with Crippen LogP contribution in [0.15, 0.2) is 27.9 Å². The van der Waals surface area contributed by atoms with Crippen molar-refractivity contribution in [2.45, 2.75) is 17.0 Å². The minimum absolute atomic E-state index is 0.291. The molecule has 8 heteroatoms. The molecule has 0 amide bonds. The van der Waals surface area contributed by atoms with Crippen LogP contribution in [0.4, 0.5) is 0 Å². The molecule has 0 bridgehead atoms. The van der Waals surface area contributed by atoms with Gasteiger partial charge < -0.3 is 9.47 Å². The lowest BCUT2D eigenvalue weighted by Crippen LogP contribution is -1.92. The maximum Gasteiger partial charge on any atom is 0.231 e. The molecule has 1 aliphatic rings. The zero-order valence-corrected chi connectivity index (χ0v) is 14.1. The summed E-state index contributed by atoms with van der Waals surface area (Å²) in [5.74, 6) is 2.38. The minimum Gasteiger partial charge on any atom is -0.454 e. The van der Waals surface area contributed by atoms with E-state index < -0.39 is 0 Å². The van der Waals surface area contributed by atoms with Crippen LogP contribution in [0.3, 0.4) is 0 Å². The molecule has 0 N–H and O–H groups in total. The van der Waals surface area contributed by atoms with Crippen molar-refractivity contribution in [2.24, 2.45) is 0 Å². The Morgan fingerprint density at radius 2 is 2.14 bits per heavy atom. The summed E-state index contributed by atoms with van der Waals surface area (Å²) in [6, 6.07) is 5.92. The molecule has 0 saturated carbocycles. The van der Waals surface area contributed by atoms with Gasteiger partial charge in [-0.25, -0.2) is 4.98 Å². The van der Waals surface area contributed by atoms with Gasteiger partial charge in [-0.05, 0) is 25.1 Å². The first kappa shape index (κ1) is 14.0. The van der Waals surface area contributed by atoms with E-state index in [1.54, 1.807) is 34.4 Å². The Morgan fingerprint density at radius 1 is 1.23 bits per heavy atom. The first-order valence-electron chi connectivity index (χ1n) is 6.55. The van der Waals surface area contributed by atoms with Crippen LogP contribution in [0.1, 0.15) is 10.7 Å². The van der Waals surface area contributed by atoms with Gasteiger partial charge in [0.2, 0.25) is 6.79 Å². The van der Waals surface area contributed by atoms with Gasteiger partial charge in [-0.15, -0.1) is 21.5 Å². The summed E-state index contributed by atoms with van der Waals surface area (Å²) in [4.78, 5) is 4.69. The zero-order chi connectivity index (χ0) is 14.9. The summed E-state index contributed by atoms with van der Waals surface area (Å²) in [7, 11) is 0. The van der Waals surface area contributed by atoms with E-state index in [1.807, 2.05) is 25.1 Å². The fourth-order valence-corrected chi connectivity index (χ4v) is 4.64. The number of fused-ring (bicyclic) bond motifs is 1. The molecule has 4 rings (SSSR count). The summed E-state index contributed by atoms with van der Waals surface area (Å²) in [5.41, 5.74) is 2.10. The highest BCUT2D eigenvalue weighted by atomic mass is 32.2. The first-order chi connectivity index (χ1) is 10.8. The van der Waals surface area contributed by atoms with Crippen molar-refractivity contribution in [1.82, 2.24) is 15.2 Å². The number of hydrogen-bond donors (Lipinski definition) is 0. The third-order valence-electron chi connectivity index (χ3n) is 3.02. The second-order valence-electron chi connectivity index (χ2n) is 4.59. The van der Waals surface area contributed by atoms with E-state index in [2.05, 4.69) is 20.6 Å². The van der Waals surface area contributed by atoms with Crippen molar-refractivity contribution in [1.29, 1.82) is 0 Å². The van der Waals surface area contributed by atoms with Crippen LogP contribution in [-0.4, -0.2) is 22.0 Å². The van der Waals surface area contributed by atoms with Crippen molar-refractivity contribution >= 4 is 34.4 Å². The topological polar surface area (TPSA) is 57.1 Å². The van der Waals surface area contributed by atoms with Gasteiger partial charge in [-0.1, -0.05) is 23.1 Å². The lowest BCUT2D eigenvalue weighted by atomic mass is 10.2. The van der Waals surface area contributed by atoms with Gasteiger partial charge in [0, 0.05) is 16.7 Å². The fraction of sp³-hybridized carbons (Fsp3) is 0.214. The second-order valence-corrected chi connectivity index (χ2v) is 7.85. The fourth-order valence-electron chi connectivity index (χ4n) is 2.01. The molecule has 2 aromatic heterocycles. The van der Waals surface area contributed by atoms with Crippen LogP contribution in [0.5, 0.6) is 11.5 Å². The maximum atomic E-state index is 5.41. The summed E-state index contributed by atoms with van der Waals surface area (Å²) in [5, 5.41) is 12.2. The molecular formula is C14H11N3O2S3.